The van der Waals surface area contributed by atoms with Gasteiger partial charge in [0.05, 0.1) is 5.69 Å². The molecule has 0 unspecified atom stereocenters. The molecule has 0 saturated carbocycles. The number of thiocarbonyl (C=S) groups is 1. The smallest absolute Gasteiger partial charge is 0.110 e. The lowest BCUT2D eigenvalue weighted by Gasteiger charge is -2.11. The number of hydrogen-bond donors (Lipinski definition) is 1. The number of benzene rings is 1. The predicted molar refractivity (Wildman–Crippen MR) is 69.2 cm³/mol. The van der Waals surface area contributed by atoms with E-state index in [1.165, 1.54) is 0 Å². The van der Waals surface area contributed by atoms with Gasteiger partial charge in [-0.3, -0.25) is 0 Å². The second-order valence-corrected chi connectivity index (χ2v) is 4.25. The molecule has 0 amide bonds. The van der Waals surface area contributed by atoms with Crippen LogP contribution in [0.5, 0.6) is 0 Å². The second kappa shape index (κ2) is 4.23. The summed E-state index contributed by atoms with van der Waals surface area (Å²) in [7, 11) is 0. The SMILES string of the molecule is Cc1nccn1-c1ccc(Cl)cc1C(N)=S. The number of halogens is 1. The molecule has 0 aliphatic heterocycles. The van der Waals surface area contributed by atoms with Crippen molar-refractivity contribution in [2.75, 3.05) is 0 Å². The van der Waals surface area contributed by atoms with Gasteiger partial charge in [0, 0.05) is 23.0 Å². The average molecular weight is 252 g/mol. The Labute approximate surface area is 104 Å². The summed E-state index contributed by atoms with van der Waals surface area (Å²) in [5, 5.41) is 0.615. The zero-order valence-electron chi connectivity index (χ0n) is 8.64. The highest BCUT2D eigenvalue weighted by atomic mass is 35.5. The molecule has 5 heteroatoms. The first kappa shape index (κ1) is 11.1. The van der Waals surface area contributed by atoms with E-state index >= 15 is 0 Å². The van der Waals surface area contributed by atoms with Crippen molar-refractivity contribution >= 4 is 28.8 Å². The van der Waals surface area contributed by atoms with Crippen LogP contribution in [-0.2, 0) is 0 Å². The lowest BCUT2D eigenvalue weighted by molar-refractivity contribution is 0.972. The minimum absolute atomic E-state index is 0.325. The number of rotatable bonds is 2. The Morgan fingerprint density at radius 2 is 2.25 bits per heavy atom. The number of aryl methyl sites for hydroxylation is 1. The molecule has 1 aromatic carbocycles. The van der Waals surface area contributed by atoms with E-state index < -0.39 is 0 Å². The van der Waals surface area contributed by atoms with Crippen molar-refractivity contribution in [3.05, 3.63) is 47.0 Å². The van der Waals surface area contributed by atoms with Crippen molar-refractivity contribution in [3.63, 3.8) is 0 Å². The molecule has 0 spiro atoms. The fourth-order valence-corrected chi connectivity index (χ4v) is 1.88. The molecule has 0 bridgehead atoms. The third-order valence-corrected chi connectivity index (χ3v) is 2.76. The van der Waals surface area contributed by atoms with Gasteiger partial charge in [-0.25, -0.2) is 4.98 Å². The summed E-state index contributed by atoms with van der Waals surface area (Å²) in [5.74, 6) is 0.875. The molecule has 0 aliphatic carbocycles. The highest BCUT2D eigenvalue weighted by molar-refractivity contribution is 7.80. The van der Waals surface area contributed by atoms with E-state index in [0.717, 1.165) is 17.1 Å². The molecule has 2 aromatic rings. The highest BCUT2D eigenvalue weighted by Crippen LogP contribution is 2.20. The standard InChI is InChI=1S/C11H10ClN3S/c1-7-14-4-5-15(7)10-3-2-8(12)6-9(10)11(13)16/h2-6H,1H3,(H2,13,16). The van der Waals surface area contributed by atoms with E-state index in [4.69, 9.17) is 29.6 Å². The summed E-state index contributed by atoms with van der Waals surface area (Å²) in [4.78, 5) is 4.49. The van der Waals surface area contributed by atoms with Gasteiger partial charge in [-0.05, 0) is 25.1 Å². The first-order valence-corrected chi connectivity index (χ1v) is 5.48. The summed E-state index contributed by atoms with van der Waals surface area (Å²) >= 11 is 10.9. The quantitative estimate of drug-likeness (QED) is 0.834. The molecule has 1 heterocycles. The minimum atomic E-state index is 0.325. The number of imidazole rings is 1. The number of nitrogens with zero attached hydrogens (tertiary/aromatic N) is 2. The fraction of sp³-hybridized carbons (Fsp3) is 0.0909. The van der Waals surface area contributed by atoms with Crippen molar-refractivity contribution < 1.29 is 0 Å². The number of aromatic nitrogens is 2. The Hall–Kier alpha value is -1.39. The Kier molecular flexibility index (Phi) is 2.94. The van der Waals surface area contributed by atoms with E-state index in [1.807, 2.05) is 23.8 Å². The zero-order valence-corrected chi connectivity index (χ0v) is 10.2. The summed E-state index contributed by atoms with van der Waals surface area (Å²) in [6, 6.07) is 5.45. The van der Waals surface area contributed by atoms with Crippen LogP contribution in [0.2, 0.25) is 5.02 Å². The molecular formula is C11H10ClN3S. The van der Waals surface area contributed by atoms with Gasteiger partial charge >= 0.3 is 0 Å². The lowest BCUT2D eigenvalue weighted by Crippen LogP contribution is -2.13. The van der Waals surface area contributed by atoms with Gasteiger partial charge < -0.3 is 10.3 Å². The van der Waals surface area contributed by atoms with Gasteiger partial charge in [-0.15, -0.1) is 0 Å². The molecule has 0 aliphatic rings. The van der Waals surface area contributed by atoms with E-state index in [1.54, 1.807) is 18.3 Å². The number of nitrogens with two attached hydrogens (primary N) is 1. The molecule has 0 radical (unpaired) electrons. The summed E-state index contributed by atoms with van der Waals surface area (Å²) in [6.45, 7) is 1.91. The predicted octanol–water partition coefficient (Wildman–Crippen LogP) is 2.47. The molecule has 1 aromatic heterocycles. The van der Waals surface area contributed by atoms with Crippen molar-refractivity contribution in [3.8, 4) is 5.69 Å². The highest BCUT2D eigenvalue weighted by Gasteiger charge is 2.09. The van der Waals surface area contributed by atoms with Crippen molar-refractivity contribution in [1.82, 2.24) is 9.55 Å². The first-order valence-electron chi connectivity index (χ1n) is 4.69. The zero-order chi connectivity index (χ0) is 11.7. The Balaban J connectivity index is 2.65. The van der Waals surface area contributed by atoms with Gasteiger partial charge in [0.1, 0.15) is 10.8 Å². The van der Waals surface area contributed by atoms with Crippen LogP contribution < -0.4 is 5.73 Å². The van der Waals surface area contributed by atoms with Crippen LogP contribution >= 0.6 is 23.8 Å². The van der Waals surface area contributed by atoms with E-state index in [0.29, 0.717) is 10.0 Å². The maximum atomic E-state index is 5.92. The lowest BCUT2D eigenvalue weighted by atomic mass is 10.1. The van der Waals surface area contributed by atoms with Gasteiger partial charge in [0.15, 0.2) is 0 Å². The van der Waals surface area contributed by atoms with Crippen LogP contribution in [-0.4, -0.2) is 14.5 Å². The maximum Gasteiger partial charge on any atom is 0.110 e. The average Bonchev–Trinajstić information content (AvgIpc) is 2.64. The van der Waals surface area contributed by atoms with Gasteiger partial charge in [-0.2, -0.15) is 0 Å². The minimum Gasteiger partial charge on any atom is -0.389 e. The molecule has 82 valence electrons. The summed E-state index contributed by atoms with van der Waals surface area (Å²) in [5.41, 5.74) is 7.33. The van der Waals surface area contributed by atoms with Crippen LogP contribution in [0, 0.1) is 6.92 Å². The van der Waals surface area contributed by atoms with E-state index in [9.17, 15) is 0 Å². The van der Waals surface area contributed by atoms with Gasteiger partial charge in [0.25, 0.3) is 0 Å². The van der Waals surface area contributed by atoms with Crippen LogP contribution in [0.4, 0.5) is 0 Å². The van der Waals surface area contributed by atoms with Crippen molar-refractivity contribution in [1.29, 1.82) is 0 Å². The van der Waals surface area contributed by atoms with Crippen LogP contribution in [0.25, 0.3) is 5.69 Å². The molecular weight excluding hydrogens is 242 g/mol. The largest absolute Gasteiger partial charge is 0.389 e. The Bertz CT molecular complexity index is 548. The second-order valence-electron chi connectivity index (χ2n) is 3.37. The molecule has 16 heavy (non-hydrogen) atoms. The summed E-state index contributed by atoms with van der Waals surface area (Å²) < 4.78 is 1.92. The third-order valence-electron chi connectivity index (χ3n) is 2.31. The Morgan fingerprint density at radius 3 is 2.81 bits per heavy atom. The van der Waals surface area contributed by atoms with Crippen molar-refractivity contribution in [2.45, 2.75) is 6.92 Å². The normalized spacial score (nSPS) is 10.4. The van der Waals surface area contributed by atoms with Gasteiger partial charge in [-0.1, -0.05) is 23.8 Å². The molecule has 0 saturated heterocycles. The van der Waals surface area contributed by atoms with E-state index in [2.05, 4.69) is 4.98 Å². The molecule has 2 rings (SSSR count). The molecule has 0 fully saturated rings. The number of hydrogen-bond acceptors (Lipinski definition) is 2. The first-order chi connectivity index (χ1) is 7.59. The van der Waals surface area contributed by atoms with E-state index in [-0.39, 0.29) is 0 Å². The van der Waals surface area contributed by atoms with Crippen LogP contribution in [0.15, 0.2) is 30.6 Å². The molecule has 2 N–H and O–H groups in total. The topological polar surface area (TPSA) is 43.8 Å². The fourth-order valence-electron chi connectivity index (χ4n) is 1.55. The third kappa shape index (κ3) is 1.94. The molecule has 0 atom stereocenters. The van der Waals surface area contributed by atoms with Crippen LogP contribution in [0.1, 0.15) is 11.4 Å². The van der Waals surface area contributed by atoms with Crippen molar-refractivity contribution in [2.24, 2.45) is 5.73 Å². The Morgan fingerprint density at radius 1 is 1.50 bits per heavy atom. The van der Waals surface area contributed by atoms with Gasteiger partial charge in [0.2, 0.25) is 0 Å². The summed E-state index contributed by atoms with van der Waals surface area (Å²) in [6.07, 6.45) is 3.59. The monoisotopic (exact) mass is 251 g/mol. The van der Waals surface area contributed by atoms with Crippen LogP contribution in [0.3, 0.4) is 0 Å². The molecule has 3 nitrogen and oxygen atoms in total. The maximum absolute atomic E-state index is 5.92.